The Morgan fingerprint density at radius 1 is 0.607 bits per heavy atom. The van der Waals surface area contributed by atoms with E-state index in [2.05, 4.69) is 9.47 Å². The van der Waals surface area contributed by atoms with Crippen LogP contribution in [0.5, 0.6) is 0 Å². The highest BCUT2D eigenvalue weighted by Crippen LogP contribution is 2.31. The Balaban J connectivity index is 0.00000145. The fourth-order valence-corrected chi connectivity index (χ4v) is 5.69. The first kappa shape index (κ1) is 40.7. The topological polar surface area (TPSA) is 190 Å². The number of esters is 2. The molecule has 2 fully saturated rings. The molecule has 1 aromatic carbocycles. The molecule has 0 saturated carbocycles. The number of anilines is 1. The zero-order valence-electron chi connectivity index (χ0n) is 31.7. The molecule has 7 rings (SSSR count). The van der Waals surface area contributed by atoms with Crippen molar-refractivity contribution >= 4 is 29.9 Å². The van der Waals surface area contributed by atoms with E-state index in [4.69, 9.17) is 34.6 Å². The number of furan rings is 1. The van der Waals surface area contributed by atoms with Crippen molar-refractivity contribution in [2.45, 2.75) is 53.6 Å². The molecule has 56 heavy (non-hydrogen) atoms. The number of rotatable bonds is 10. The maximum absolute atomic E-state index is 12.0. The Labute approximate surface area is 324 Å². The molecule has 0 radical (unpaired) electrons. The lowest BCUT2D eigenvalue weighted by Gasteiger charge is -2.17. The van der Waals surface area contributed by atoms with Crippen molar-refractivity contribution in [3.63, 3.8) is 0 Å². The van der Waals surface area contributed by atoms with E-state index in [0.717, 1.165) is 23.3 Å². The van der Waals surface area contributed by atoms with Gasteiger partial charge in [-0.3, -0.25) is 19.4 Å². The van der Waals surface area contributed by atoms with Gasteiger partial charge >= 0.3 is 24.2 Å². The number of benzene rings is 1. The summed E-state index contributed by atoms with van der Waals surface area (Å²) >= 11 is 0. The van der Waals surface area contributed by atoms with Crippen molar-refractivity contribution in [1.82, 2.24) is 24.8 Å². The van der Waals surface area contributed by atoms with Crippen LogP contribution in [0.3, 0.4) is 0 Å². The van der Waals surface area contributed by atoms with E-state index < -0.39 is 24.2 Å². The van der Waals surface area contributed by atoms with Gasteiger partial charge in [0.2, 0.25) is 0 Å². The molecule has 4 aromatic heterocycles. The zero-order chi connectivity index (χ0) is 40.0. The summed E-state index contributed by atoms with van der Waals surface area (Å²) in [6.45, 7) is 7.88. The van der Waals surface area contributed by atoms with Crippen molar-refractivity contribution in [3.8, 4) is 34.1 Å². The Hall–Kier alpha value is -6.45. The quantitative estimate of drug-likeness (QED) is 0.0888. The molecule has 0 atom stereocenters. The number of hydrogen-bond donors (Lipinski definition) is 1. The smallest absolute Gasteiger partial charge is 0.461 e. The van der Waals surface area contributed by atoms with Gasteiger partial charge in [0.15, 0.2) is 0 Å². The third-order valence-electron chi connectivity index (χ3n) is 8.15. The summed E-state index contributed by atoms with van der Waals surface area (Å²) in [7, 11) is 0. The van der Waals surface area contributed by atoms with Gasteiger partial charge in [-0.2, -0.15) is 0 Å². The largest absolute Gasteiger partial charge is 0.517 e. The van der Waals surface area contributed by atoms with Crippen molar-refractivity contribution in [2.75, 3.05) is 32.3 Å². The van der Waals surface area contributed by atoms with E-state index in [1.807, 2.05) is 100 Å². The first-order valence-corrected chi connectivity index (χ1v) is 18.3. The van der Waals surface area contributed by atoms with Crippen LogP contribution in [0.25, 0.3) is 34.1 Å². The minimum Gasteiger partial charge on any atom is -0.461 e. The first-order valence-electron chi connectivity index (χ1n) is 18.3. The van der Waals surface area contributed by atoms with E-state index in [0.29, 0.717) is 52.0 Å². The average Bonchev–Trinajstić information content (AvgIpc) is 3.55. The molecule has 15 nitrogen and oxygen atoms in total. The molecule has 6 heterocycles. The molecule has 292 valence electrons. The van der Waals surface area contributed by atoms with Gasteiger partial charge in [0.05, 0.1) is 34.2 Å². The Kier molecular flexibility index (Phi) is 14.4. The second-order valence-electron chi connectivity index (χ2n) is 12.1. The third-order valence-corrected chi connectivity index (χ3v) is 8.15. The summed E-state index contributed by atoms with van der Waals surface area (Å²) in [5, 5.41) is 0. The van der Waals surface area contributed by atoms with E-state index >= 15 is 0 Å². The number of nitrogens with zero attached hydrogens (tertiary/aromatic N) is 5. The van der Waals surface area contributed by atoms with Crippen LogP contribution in [0.15, 0.2) is 89.3 Å². The standard InChI is InChI=1S/C37H32N6O9.2C2H6/c38-25-10-7-23(8-11-25)9-12-28-13-14-33(50-28)24-15-31(29-5-1-3-26(39-29)17-42-19-34(44)51-36(46)48-21-42)41-32(16-24)30-6-2-4-27(40-30)18-43-20-35(45)52-37(47)49-22-43;2*1-2/h1-8,10-11,13-16H,9,12,17-22,38H2;2*1-2H3. The highest BCUT2D eigenvalue weighted by Gasteiger charge is 2.25. The number of carbonyl (C=O) groups excluding carboxylic acids is 4. The van der Waals surface area contributed by atoms with Crippen LogP contribution in [0.1, 0.15) is 50.4 Å². The lowest BCUT2D eigenvalue weighted by atomic mass is 10.1. The van der Waals surface area contributed by atoms with Crippen molar-refractivity contribution in [3.05, 3.63) is 108 Å². The molecular formula is C41H44N6O9. The Morgan fingerprint density at radius 2 is 1.12 bits per heavy atom. The number of aromatic nitrogens is 3. The van der Waals surface area contributed by atoms with Gasteiger partial charge in [-0.05, 0) is 72.6 Å². The molecule has 2 aliphatic rings. The summed E-state index contributed by atoms with van der Waals surface area (Å²) in [6, 6.07) is 26.3. The first-order chi connectivity index (χ1) is 27.2. The minimum absolute atomic E-state index is 0.128. The predicted octanol–water partition coefficient (Wildman–Crippen LogP) is 6.79. The van der Waals surface area contributed by atoms with E-state index in [9.17, 15) is 19.2 Å². The molecule has 2 N–H and O–H groups in total. The number of cyclic esters (lactones) is 6. The van der Waals surface area contributed by atoms with Crippen LogP contribution in [-0.4, -0.2) is 75.6 Å². The number of nitrogen functional groups attached to an aromatic ring is 1. The van der Waals surface area contributed by atoms with Crippen LogP contribution >= 0.6 is 0 Å². The van der Waals surface area contributed by atoms with Gasteiger partial charge in [0.1, 0.15) is 38.1 Å². The fourth-order valence-electron chi connectivity index (χ4n) is 5.69. The fraction of sp³-hybridized carbons (Fsp3) is 0.293. The highest BCUT2D eigenvalue weighted by atomic mass is 16.8. The van der Waals surface area contributed by atoms with Crippen LogP contribution in [-0.2, 0) is 54.5 Å². The van der Waals surface area contributed by atoms with Crippen molar-refractivity contribution in [2.24, 2.45) is 0 Å². The second-order valence-corrected chi connectivity index (χ2v) is 12.1. The Morgan fingerprint density at radius 3 is 1.64 bits per heavy atom. The van der Waals surface area contributed by atoms with Crippen LogP contribution in [0.4, 0.5) is 15.3 Å². The van der Waals surface area contributed by atoms with Gasteiger partial charge in [-0.15, -0.1) is 0 Å². The summed E-state index contributed by atoms with van der Waals surface area (Å²) in [5.41, 5.74) is 11.8. The maximum Gasteiger partial charge on any atom is 0.517 e. The number of hydrogen-bond acceptors (Lipinski definition) is 15. The van der Waals surface area contributed by atoms with Gasteiger partial charge in [-0.1, -0.05) is 52.0 Å². The molecule has 0 spiro atoms. The molecule has 0 amide bonds. The highest BCUT2D eigenvalue weighted by molar-refractivity contribution is 5.84. The third kappa shape index (κ3) is 11.3. The normalized spacial score (nSPS) is 14.7. The van der Waals surface area contributed by atoms with Crippen LogP contribution in [0.2, 0.25) is 0 Å². The SMILES string of the molecule is CC.CC.Nc1ccc(CCc2ccc(-c3cc(-c4cccc(CN5COC(=O)OC(=O)C5)n4)nc(-c4cccc(CN5COC(=O)OC(=O)C5)n4)c3)o2)cc1. The van der Waals surface area contributed by atoms with E-state index in [1.54, 1.807) is 21.9 Å². The average molecular weight is 765 g/mol. The number of carbonyl (C=O) groups is 4. The van der Waals surface area contributed by atoms with Gasteiger partial charge < -0.3 is 29.1 Å². The number of aryl methyl sites for hydroxylation is 2. The summed E-state index contributed by atoms with van der Waals surface area (Å²) in [4.78, 5) is 64.8. The Bertz CT molecular complexity index is 2030. The molecule has 0 bridgehead atoms. The number of ether oxygens (including phenoxy) is 4. The van der Waals surface area contributed by atoms with Gasteiger partial charge in [0.25, 0.3) is 0 Å². The molecule has 5 aromatic rings. The lowest BCUT2D eigenvalue weighted by molar-refractivity contribution is -0.139. The summed E-state index contributed by atoms with van der Waals surface area (Å²) < 4.78 is 25.4. The van der Waals surface area contributed by atoms with Gasteiger partial charge in [-0.25, -0.2) is 24.5 Å². The number of nitrogens with two attached hydrogens (primary N) is 1. The second kappa shape index (κ2) is 19.8. The molecule has 0 unspecified atom stereocenters. The zero-order valence-corrected chi connectivity index (χ0v) is 31.7. The van der Waals surface area contributed by atoms with E-state index in [-0.39, 0.29) is 39.6 Å². The maximum atomic E-state index is 12.0. The van der Waals surface area contributed by atoms with Gasteiger partial charge in [0, 0.05) is 30.8 Å². The van der Waals surface area contributed by atoms with Crippen molar-refractivity contribution < 1.29 is 42.5 Å². The molecule has 15 heteroatoms. The minimum atomic E-state index is -1.04. The van der Waals surface area contributed by atoms with Crippen molar-refractivity contribution in [1.29, 1.82) is 0 Å². The monoisotopic (exact) mass is 764 g/mol. The van der Waals surface area contributed by atoms with E-state index in [1.165, 1.54) is 0 Å². The predicted molar refractivity (Wildman–Crippen MR) is 205 cm³/mol. The molecule has 2 aliphatic heterocycles. The molecule has 0 aliphatic carbocycles. The summed E-state index contributed by atoms with van der Waals surface area (Å²) in [6.07, 6.45) is -0.621. The molecule has 2 saturated heterocycles. The van der Waals surface area contributed by atoms with Crippen LogP contribution < -0.4 is 5.73 Å². The molecular weight excluding hydrogens is 720 g/mol. The van der Waals surface area contributed by atoms with Crippen LogP contribution in [0, 0.1) is 0 Å². The number of pyridine rings is 3. The lowest BCUT2D eigenvalue weighted by Crippen LogP contribution is -2.29. The summed E-state index contributed by atoms with van der Waals surface area (Å²) in [5.74, 6) is 0.00516.